The Balaban J connectivity index is 2.44. The number of hydrogen-bond acceptors (Lipinski definition) is 3. The van der Waals surface area contributed by atoms with Gasteiger partial charge in [-0.2, -0.15) is 0 Å². The second-order valence-corrected chi connectivity index (χ2v) is 4.31. The zero-order valence-electron chi connectivity index (χ0n) is 11.1. The van der Waals surface area contributed by atoms with Gasteiger partial charge < -0.3 is 15.8 Å². The van der Waals surface area contributed by atoms with Crippen LogP contribution < -0.4 is 15.8 Å². The van der Waals surface area contributed by atoms with Crippen molar-refractivity contribution in [2.24, 2.45) is 5.73 Å². The molecule has 1 aromatic carbocycles. The van der Waals surface area contributed by atoms with Crippen LogP contribution in [0.25, 0.3) is 0 Å². The van der Waals surface area contributed by atoms with Crippen molar-refractivity contribution in [1.82, 2.24) is 5.32 Å². The van der Waals surface area contributed by atoms with Crippen LogP contribution >= 0.6 is 0 Å². The summed E-state index contributed by atoms with van der Waals surface area (Å²) in [6.07, 6.45) is 1.37. The molecule has 0 fully saturated rings. The molecule has 3 N–H and O–H groups in total. The lowest BCUT2D eigenvalue weighted by Crippen LogP contribution is -2.19. The van der Waals surface area contributed by atoms with Gasteiger partial charge in [0.1, 0.15) is 5.75 Å². The van der Waals surface area contributed by atoms with Gasteiger partial charge in [0.05, 0.1) is 13.0 Å². The molecule has 1 amide bonds. The minimum atomic E-state index is -0.344. The summed E-state index contributed by atoms with van der Waals surface area (Å²) in [6, 6.07) is 8.24. The predicted octanol–water partition coefficient (Wildman–Crippen LogP) is 2.00. The molecule has 0 heterocycles. The van der Waals surface area contributed by atoms with Crippen molar-refractivity contribution in [2.45, 2.75) is 32.7 Å². The first-order valence-corrected chi connectivity index (χ1v) is 6.38. The summed E-state index contributed by atoms with van der Waals surface area (Å²) in [5, 5.41) is 3.42. The molecule has 18 heavy (non-hydrogen) atoms. The summed E-state index contributed by atoms with van der Waals surface area (Å²) in [4.78, 5) is 10.6. The van der Waals surface area contributed by atoms with Gasteiger partial charge >= 0.3 is 0 Å². The number of primary amides is 1. The van der Waals surface area contributed by atoms with Crippen molar-refractivity contribution < 1.29 is 9.53 Å². The molecular weight excluding hydrogens is 228 g/mol. The van der Waals surface area contributed by atoms with Gasteiger partial charge in [0.2, 0.25) is 5.91 Å². The third-order valence-corrected chi connectivity index (χ3v) is 2.70. The maximum absolute atomic E-state index is 10.6. The molecule has 0 radical (unpaired) electrons. The van der Waals surface area contributed by atoms with Crippen LogP contribution in [0.3, 0.4) is 0 Å². The zero-order chi connectivity index (χ0) is 13.4. The van der Waals surface area contributed by atoms with Crippen molar-refractivity contribution in [2.75, 3.05) is 13.2 Å². The van der Waals surface area contributed by atoms with Gasteiger partial charge in [0, 0.05) is 6.04 Å². The molecular formula is C14H22N2O2. The smallest absolute Gasteiger partial charge is 0.220 e. The minimum Gasteiger partial charge on any atom is -0.493 e. The monoisotopic (exact) mass is 250 g/mol. The highest BCUT2D eigenvalue weighted by Gasteiger charge is 2.04. The van der Waals surface area contributed by atoms with Crippen molar-refractivity contribution in [1.29, 1.82) is 0 Å². The minimum absolute atomic E-state index is 0.246. The summed E-state index contributed by atoms with van der Waals surface area (Å²) < 4.78 is 5.41. The van der Waals surface area contributed by atoms with E-state index in [9.17, 15) is 4.79 Å². The highest BCUT2D eigenvalue weighted by atomic mass is 16.5. The van der Waals surface area contributed by atoms with E-state index in [2.05, 4.69) is 19.2 Å². The van der Waals surface area contributed by atoms with Gasteiger partial charge in [-0.25, -0.2) is 0 Å². The maximum Gasteiger partial charge on any atom is 0.220 e. The van der Waals surface area contributed by atoms with Crippen LogP contribution in [0.15, 0.2) is 24.3 Å². The van der Waals surface area contributed by atoms with Gasteiger partial charge in [-0.3, -0.25) is 4.79 Å². The fraction of sp³-hybridized carbons (Fsp3) is 0.500. The molecule has 0 aromatic heterocycles. The quantitative estimate of drug-likeness (QED) is 0.741. The summed E-state index contributed by atoms with van der Waals surface area (Å²) in [7, 11) is 0. The molecule has 1 unspecified atom stereocenters. The van der Waals surface area contributed by atoms with Crippen LogP contribution in [0.1, 0.15) is 38.3 Å². The molecule has 1 rings (SSSR count). The van der Waals surface area contributed by atoms with Crippen molar-refractivity contribution >= 4 is 5.91 Å². The molecule has 0 aliphatic carbocycles. The van der Waals surface area contributed by atoms with Crippen LogP contribution in [0, 0.1) is 0 Å². The lowest BCUT2D eigenvalue weighted by molar-refractivity contribution is -0.118. The molecule has 0 aliphatic heterocycles. The second-order valence-electron chi connectivity index (χ2n) is 4.31. The number of carbonyl (C=O) groups is 1. The summed E-state index contributed by atoms with van der Waals surface area (Å²) in [5.74, 6) is 0.423. The van der Waals surface area contributed by atoms with Crippen LogP contribution in [0.4, 0.5) is 0 Å². The number of carbonyl (C=O) groups excluding carboxylic acids is 1. The van der Waals surface area contributed by atoms with E-state index >= 15 is 0 Å². The standard InChI is InChI=1S/C14H22N2O2/c1-3-9-16-11(2)12-4-6-13(7-5-12)18-10-8-14(15)17/h4-7,11,16H,3,8-10H2,1-2H3,(H2,15,17). The Kier molecular flexibility index (Phi) is 6.22. The molecule has 0 spiro atoms. The normalized spacial score (nSPS) is 12.1. The van der Waals surface area contributed by atoms with E-state index in [0.717, 1.165) is 18.7 Å². The number of rotatable bonds is 8. The van der Waals surface area contributed by atoms with Gasteiger partial charge in [-0.05, 0) is 37.6 Å². The summed E-state index contributed by atoms with van der Waals surface area (Å²) in [5.41, 5.74) is 6.27. The molecule has 0 saturated heterocycles. The maximum atomic E-state index is 10.6. The van der Waals surface area contributed by atoms with Gasteiger partial charge in [0.25, 0.3) is 0 Å². The van der Waals surface area contributed by atoms with Crippen LogP contribution in [-0.2, 0) is 4.79 Å². The van der Waals surface area contributed by atoms with E-state index < -0.39 is 0 Å². The molecule has 100 valence electrons. The van der Waals surface area contributed by atoms with Crippen LogP contribution in [0.2, 0.25) is 0 Å². The largest absolute Gasteiger partial charge is 0.493 e. The lowest BCUT2D eigenvalue weighted by Gasteiger charge is -2.14. The van der Waals surface area contributed by atoms with E-state index in [1.165, 1.54) is 5.56 Å². The fourth-order valence-corrected chi connectivity index (χ4v) is 1.60. The number of hydrogen-bond donors (Lipinski definition) is 2. The van der Waals surface area contributed by atoms with E-state index in [1.807, 2.05) is 24.3 Å². The van der Waals surface area contributed by atoms with E-state index in [4.69, 9.17) is 10.5 Å². The SMILES string of the molecule is CCCNC(C)c1ccc(OCCC(N)=O)cc1. The van der Waals surface area contributed by atoms with E-state index in [-0.39, 0.29) is 12.3 Å². The molecule has 1 atom stereocenters. The molecule has 0 bridgehead atoms. The number of nitrogens with two attached hydrogens (primary N) is 1. The number of ether oxygens (including phenoxy) is 1. The topological polar surface area (TPSA) is 64.3 Å². The Hall–Kier alpha value is -1.55. The third-order valence-electron chi connectivity index (χ3n) is 2.70. The van der Waals surface area contributed by atoms with Crippen molar-refractivity contribution in [3.05, 3.63) is 29.8 Å². The Bertz CT molecular complexity index is 363. The van der Waals surface area contributed by atoms with Crippen molar-refractivity contribution in [3.63, 3.8) is 0 Å². The Morgan fingerprint density at radius 1 is 1.39 bits per heavy atom. The Morgan fingerprint density at radius 2 is 2.06 bits per heavy atom. The number of amides is 1. The van der Waals surface area contributed by atoms with Gasteiger partial charge in [0.15, 0.2) is 0 Å². The number of nitrogens with one attached hydrogen (secondary N) is 1. The average Bonchev–Trinajstić information content (AvgIpc) is 2.36. The zero-order valence-corrected chi connectivity index (χ0v) is 11.1. The summed E-state index contributed by atoms with van der Waals surface area (Å²) in [6.45, 7) is 5.63. The van der Waals surface area contributed by atoms with Crippen LogP contribution in [-0.4, -0.2) is 19.1 Å². The Morgan fingerprint density at radius 3 is 2.61 bits per heavy atom. The number of benzene rings is 1. The first kappa shape index (κ1) is 14.5. The van der Waals surface area contributed by atoms with E-state index in [1.54, 1.807) is 0 Å². The first-order valence-electron chi connectivity index (χ1n) is 6.38. The molecule has 4 heteroatoms. The summed E-state index contributed by atoms with van der Waals surface area (Å²) >= 11 is 0. The first-order chi connectivity index (χ1) is 8.63. The fourth-order valence-electron chi connectivity index (χ4n) is 1.60. The lowest BCUT2D eigenvalue weighted by atomic mass is 10.1. The third kappa shape index (κ3) is 5.19. The van der Waals surface area contributed by atoms with Crippen molar-refractivity contribution in [3.8, 4) is 5.75 Å². The van der Waals surface area contributed by atoms with Crippen LogP contribution in [0.5, 0.6) is 5.75 Å². The highest BCUT2D eigenvalue weighted by Crippen LogP contribution is 2.17. The average molecular weight is 250 g/mol. The molecule has 0 aliphatic rings. The molecule has 1 aromatic rings. The molecule has 0 saturated carbocycles. The van der Waals surface area contributed by atoms with Gasteiger partial charge in [-0.15, -0.1) is 0 Å². The van der Waals surface area contributed by atoms with Gasteiger partial charge in [-0.1, -0.05) is 19.1 Å². The second kappa shape index (κ2) is 7.71. The molecule has 4 nitrogen and oxygen atoms in total. The Labute approximate surface area is 109 Å². The predicted molar refractivity (Wildman–Crippen MR) is 72.5 cm³/mol. The highest BCUT2D eigenvalue weighted by molar-refractivity contribution is 5.73. The van der Waals surface area contributed by atoms with E-state index in [0.29, 0.717) is 12.6 Å².